The van der Waals surface area contributed by atoms with Crippen LogP contribution in [0.2, 0.25) is 0 Å². The van der Waals surface area contributed by atoms with Crippen molar-refractivity contribution in [3.63, 3.8) is 0 Å². The molecule has 0 aromatic heterocycles. The van der Waals surface area contributed by atoms with Gasteiger partial charge >= 0.3 is 11.9 Å². The van der Waals surface area contributed by atoms with Gasteiger partial charge in [0, 0.05) is 61.0 Å². The minimum Gasteiger partial charge on any atom is -0.450 e. The van der Waals surface area contributed by atoms with Gasteiger partial charge in [-0.3, -0.25) is 19.7 Å². The van der Waals surface area contributed by atoms with E-state index in [9.17, 15) is 32.9 Å². The largest absolute Gasteiger partial charge is 0.450 e. The molecule has 11 heteroatoms. The fourth-order valence-corrected chi connectivity index (χ4v) is 6.61. The Morgan fingerprint density at radius 1 is 0.909 bits per heavy atom. The number of allylic oxidation sites excluding steroid dienone is 4. The summed E-state index contributed by atoms with van der Waals surface area (Å²) in [6.45, 7) is 9.17. The summed E-state index contributed by atoms with van der Waals surface area (Å²) < 4.78 is 50.5. The molecule has 2 aliphatic carbocycles. The molecule has 0 unspecified atom stereocenters. The lowest BCUT2D eigenvalue weighted by Crippen LogP contribution is -2.45. The standard InChI is InChI=1S/C33H35F3N2O6/c1-31(2)15-23-29(25(39)17-31)28(30-24(37(23)12-13-43-5)16-32(3,4)18-26(30)40)19-6-9-21(10-7-19)44-27-11-8-20(33(34,35)36)14-22(27)38(41)42/h6-11,14,28H,12-13,15-18H2,1-5H3. The molecule has 0 saturated heterocycles. The third kappa shape index (κ3) is 6.02. The Morgan fingerprint density at radius 2 is 1.45 bits per heavy atom. The summed E-state index contributed by atoms with van der Waals surface area (Å²) in [5, 5.41) is 11.5. The molecule has 2 aromatic rings. The van der Waals surface area contributed by atoms with E-state index in [-0.39, 0.29) is 33.9 Å². The SMILES string of the molecule is COCCN1C2=C(C(=O)CC(C)(C)C2)C(c2ccc(Oc3ccc(C(F)(F)F)cc3[N+](=O)[O-])cc2)C2=C1CC(C)(C)CC2=O. The maximum Gasteiger partial charge on any atom is 0.416 e. The topological polar surface area (TPSA) is 99.0 Å². The van der Waals surface area contributed by atoms with Crippen LogP contribution in [0.1, 0.15) is 70.4 Å². The Kier molecular flexibility index (Phi) is 7.99. The third-order valence-electron chi connectivity index (χ3n) is 8.47. The minimum atomic E-state index is -4.75. The second kappa shape index (κ2) is 11.2. The Labute approximate surface area is 253 Å². The number of nitro benzene ring substituents is 1. The number of nitro groups is 1. The molecule has 0 atom stereocenters. The number of hydrogen-bond acceptors (Lipinski definition) is 7. The molecule has 0 amide bonds. The highest BCUT2D eigenvalue weighted by atomic mass is 19.4. The lowest BCUT2D eigenvalue weighted by atomic mass is 9.63. The molecule has 2 aromatic carbocycles. The number of carbonyl (C=O) groups is 2. The van der Waals surface area contributed by atoms with E-state index in [1.165, 1.54) is 0 Å². The van der Waals surface area contributed by atoms with Crippen molar-refractivity contribution in [1.82, 2.24) is 4.90 Å². The van der Waals surface area contributed by atoms with Crippen LogP contribution < -0.4 is 4.74 Å². The van der Waals surface area contributed by atoms with Gasteiger partial charge in [-0.25, -0.2) is 0 Å². The van der Waals surface area contributed by atoms with Gasteiger partial charge in [-0.15, -0.1) is 0 Å². The van der Waals surface area contributed by atoms with E-state index in [0.717, 1.165) is 23.5 Å². The number of ketones is 2. The first kappa shape index (κ1) is 31.4. The molecular formula is C33H35F3N2O6. The van der Waals surface area contributed by atoms with Gasteiger partial charge in [0.15, 0.2) is 11.6 Å². The predicted octanol–water partition coefficient (Wildman–Crippen LogP) is 7.74. The molecule has 1 heterocycles. The van der Waals surface area contributed by atoms with Gasteiger partial charge < -0.3 is 14.4 Å². The number of rotatable bonds is 7. The fraction of sp³-hybridized carbons (Fsp3) is 0.455. The molecule has 1 aliphatic heterocycles. The summed E-state index contributed by atoms with van der Waals surface area (Å²) in [5.41, 5.74) is 1.17. The van der Waals surface area contributed by atoms with Crippen molar-refractivity contribution in [2.75, 3.05) is 20.3 Å². The number of methoxy groups -OCH3 is 1. The molecule has 234 valence electrons. The van der Waals surface area contributed by atoms with Crippen LogP contribution in [-0.4, -0.2) is 41.7 Å². The van der Waals surface area contributed by atoms with Gasteiger partial charge in [-0.1, -0.05) is 39.8 Å². The van der Waals surface area contributed by atoms with Crippen molar-refractivity contribution >= 4 is 17.3 Å². The van der Waals surface area contributed by atoms with Gasteiger partial charge in [-0.05, 0) is 53.5 Å². The highest BCUT2D eigenvalue weighted by molar-refractivity contribution is 6.06. The Hall–Kier alpha value is -3.99. The highest BCUT2D eigenvalue weighted by Gasteiger charge is 2.48. The summed E-state index contributed by atoms with van der Waals surface area (Å²) in [5.74, 6) is -0.820. The number of nitrogens with zero attached hydrogens (tertiary/aromatic N) is 2. The van der Waals surface area contributed by atoms with Crippen molar-refractivity contribution in [3.05, 3.63) is 86.2 Å². The third-order valence-corrected chi connectivity index (χ3v) is 8.47. The Balaban J connectivity index is 1.58. The lowest BCUT2D eigenvalue weighted by Gasteiger charge is -2.49. The van der Waals surface area contributed by atoms with Gasteiger partial charge in [0.1, 0.15) is 5.75 Å². The molecule has 0 saturated carbocycles. The summed E-state index contributed by atoms with van der Waals surface area (Å²) in [6, 6.07) is 8.58. The lowest BCUT2D eigenvalue weighted by molar-refractivity contribution is -0.385. The molecule has 0 N–H and O–H groups in total. The second-order valence-corrected chi connectivity index (χ2v) is 13.3. The van der Waals surface area contributed by atoms with Crippen molar-refractivity contribution in [2.24, 2.45) is 10.8 Å². The van der Waals surface area contributed by atoms with Crippen LogP contribution >= 0.6 is 0 Å². The Bertz CT molecular complexity index is 1530. The normalized spacial score (nSPS) is 20.0. The predicted molar refractivity (Wildman–Crippen MR) is 156 cm³/mol. The number of Topliss-reactive ketones (excluding diaryl/α,β-unsaturated/α-hetero) is 2. The minimum absolute atomic E-state index is 0.0199. The first-order valence-corrected chi connectivity index (χ1v) is 14.4. The van der Waals surface area contributed by atoms with Crippen LogP contribution in [0.15, 0.2) is 65.0 Å². The van der Waals surface area contributed by atoms with E-state index in [2.05, 4.69) is 32.6 Å². The van der Waals surface area contributed by atoms with Crippen LogP contribution in [0.4, 0.5) is 18.9 Å². The zero-order chi connectivity index (χ0) is 32.2. The number of halogens is 3. The summed E-state index contributed by atoms with van der Waals surface area (Å²) in [6.07, 6.45) is -2.78. The van der Waals surface area contributed by atoms with Crippen molar-refractivity contribution < 1.29 is 37.2 Å². The average Bonchev–Trinajstić information content (AvgIpc) is 2.90. The van der Waals surface area contributed by atoms with E-state index in [1.54, 1.807) is 31.4 Å². The fourth-order valence-electron chi connectivity index (χ4n) is 6.61. The average molecular weight is 613 g/mol. The maximum absolute atomic E-state index is 13.8. The second-order valence-electron chi connectivity index (χ2n) is 13.3. The zero-order valence-electron chi connectivity index (χ0n) is 25.3. The van der Waals surface area contributed by atoms with Gasteiger partial charge in [0.25, 0.3) is 0 Å². The molecule has 0 spiro atoms. The van der Waals surface area contributed by atoms with Crippen molar-refractivity contribution in [3.8, 4) is 11.5 Å². The number of benzene rings is 2. The molecule has 0 fully saturated rings. The van der Waals surface area contributed by atoms with Crippen LogP contribution in [-0.2, 0) is 20.5 Å². The summed E-state index contributed by atoms with van der Waals surface area (Å²) in [7, 11) is 1.62. The first-order valence-electron chi connectivity index (χ1n) is 14.4. The van der Waals surface area contributed by atoms with Crippen LogP contribution in [0.5, 0.6) is 11.5 Å². The number of hydrogen-bond donors (Lipinski definition) is 0. The number of alkyl halides is 3. The molecule has 0 radical (unpaired) electrons. The van der Waals surface area contributed by atoms with Gasteiger partial charge in [-0.2, -0.15) is 13.2 Å². The molecular weight excluding hydrogens is 577 g/mol. The zero-order valence-corrected chi connectivity index (χ0v) is 25.3. The van der Waals surface area contributed by atoms with E-state index in [1.807, 2.05) is 0 Å². The van der Waals surface area contributed by atoms with Gasteiger partial charge in [0.05, 0.1) is 17.1 Å². The van der Waals surface area contributed by atoms with E-state index < -0.39 is 28.3 Å². The molecule has 0 bridgehead atoms. The van der Waals surface area contributed by atoms with Crippen molar-refractivity contribution in [2.45, 2.75) is 65.5 Å². The molecule has 3 aliphatic rings. The quantitative estimate of drug-likeness (QED) is 0.233. The molecule has 8 nitrogen and oxygen atoms in total. The first-order chi connectivity index (χ1) is 20.5. The molecule has 5 rings (SSSR count). The van der Waals surface area contributed by atoms with Gasteiger partial charge in [0.2, 0.25) is 5.75 Å². The van der Waals surface area contributed by atoms with E-state index in [0.29, 0.717) is 61.6 Å². The van der Waals surface area contributed by atoms with Crippen molar-refractivity contribution in [1.29, 1.82) is 0 Å². The Morgan fingerprint density at radius 3 is 1.93 bits per heavy atom. The smallest absolute Gasteiger partial charge is 0.416 e. The van der Waals surface area contributed by atoms with Crippen LogP contribution in [0, 0.1) is 20.9 Å². The van der Waals surface area contributed by atoms with Crippen LogP contribution in [0.3, 0.4) is 0 Å². The van der Waals surface area contributed by atoms with Crippen LogP contribution in [0.25, 0.3) is 0 Å². The summed E-state index contributed by atoms with van der Waals surface area (Å²) in [4.78, 5) is 40.4. The van der Waals surface area contributed by atoms with E-state index >= 15 is 0 Å². The number of carbonyl (C=O) groups excluding carboxylic acids is 2. The number of ether oxygens (including phenoxy) is 2. The maximum atomic E-state index is 13.8. The molecule has 44 heavy (non-hydrogen) atoms. The summed E-state index contributed by atoms with van der Waals surface area (Å²) >= 11 is 0. The highest BCUT2D eigenvalue weighted by Crippen LogP contribution is 2.54. The monoisotopic (exact) mass is 612 g/mol. The van der Waals surface area contributed by atoms with E-state index in [4.69, 9.17) is 9.47 Å².